The van der Waals surface area contributed by atoms with Gasteiger partial charge < -0.3 is 25.6 Å². The number of nitrogens with zero attached hydrogens (tertiary/aromatic N) is 2. The van der Waals surface area contributed by atoms with Crippen LogP contribution in [0.2, 0.25) is 0 Å². The summed E-state index contributed by atoms with van der Waals surface area (Å²) in [4.78, 5) is 30.4. The van der Waals surface area contributed by atoms with Crippen LogP contribution in [0, 0.1) is 11.6 Å². The van der Waals surface area contributed by atoms with Crippen LogP contribution in [0.25, 0.3) is 0 Å². The topological polar surface area (TPSA) is 85.9 Å². The van der Waals surface area contributed by atoms with Gasteiger partial charge in [0, 0.05) is 56.7 Å². The second kappa shape index (κ2) is 12.2. The third-order valence-corrected chi connectivity index (χ3v) is 6.97. The summed E-state index contributed by atoms with van der Waals surface area (Å²) in [6.45, 7) is 5.64. The normalized spacial score (nSPS) is 15.4. The highest BCUT2D eigenvalue weighted by molar-refractivity contribution is 6.04. The van der Waals surface area contributed by atoms with Gasteiger partial charge in [0.1, 0.15) is 11.6 Å². The number of fused-ring (bicyclic) bond motifs is 1. The lowest BCUT2D eigenvalue weighted by Gasteiger charge is -2.32. The number of carbonyl (C=O) groups is 2. The van der Waals surface area contributed by atoms with E-state index in [2.05, 4.69) is 37.9 Å². The molecule has 1 saturated heterocycles. The lowest BCUT2D eigenvalue weighted by molar-refractivity contribution is 0.0383. The largest absolute Gasteiger partial charge is 0.379 e. The standard InChI is InChI=1S/C29H31F2N5O3/c30-22-5-7-26(25(31)17-22)34-29(38)33-23-6-8-27(36-11-9-20-3-1-2-4-21(20)19-36)24(18-23)28(37)32-10-12-35-13-15-39-16-14-35/h1-8,17-18H,9-16,19H2,(H,32,37)(H2,33,34,38). The van der Waals surface area contributed by atoms with Gasteiger partial charge in [0.2, 0.25) is 0 Å². The first kappa shape index (κ1) is 26.6. The van der Waals surface area contributed by atoms with Gasteiger partial charge in [0.15, 0.2) is 0 Å². The zero-order chi connectivity index (χ0) is 27.2. The van der Waals surface area contributed by atoms with E-state index >= 15 is 0 Å². The molecule has 0 atom stereocenters. The average Bonchev–Trinajstić information content (AvgIpc) is 2.95. The number of morpholine rings is 1. The highest BCUT2D eigenvalue weighted by Gasteiger charge is 2.22. The minimum Gasteiger partial charge on any atom is -0.379 e. The Morgan fingerprint density at radius 2 is 1.69 bits per heavy atom. The number of urea groups is 1. The number of halogens is 2. The van der Waals surface area contributed by atoms with Gasteiger partial charge in [-0.05, 0) is 47.9 Å². The van der Waals surface area contributed by atoms with Crippen molar-refractivity contribution < 1.29 is 23.1 Å². The van der Waals surface area contributed by atoms with Gasteiger partial charge >= 0.3 is 6.03 Å². The summed E-state index contributed by atoms with van der Waals surface area (Å²) in [5.41, 5.74) is 3.93. The molecule has 1 fully saturated rings. The molecule has 8 nitrogen and oxygen atoms in total. The summed E-state index contributed by atoms with van der Waals surface area (Å²) in [7, 11) is 0. The number of amides is 3. The predicted octanol–water partition coefficient (Wildman–Crippen LogP) is 4.23. The van der Waals surface area contributed by atoms with Crippen LogP contribution in [0.5, 0.6) is 0 Å². The van der Waals surface area contributed by atoms with E-state index < -0.39 is 17.7 Å². The fourth-order valence-electron chi connectivity index (χ4n) is 4.90. The Kier molecular flexibility index (Phi) is 8.33. The smallest absolute Gasteiger partial charge is 0.323 e. The molecule has 2 heterocycles. The zero-order valence-electron chi connectivity index (χ0n) is 21.5. The maximum atomic E-state index is 14.0. The molecular formula is C29H31F2N5O3. The van der Waals surface area contributed by atoms with Crippen LogP contribution in [0.15, 0.2) is 60.7 Å². The van der Waals surface area contributed by atoms with E-state index in [1.165, 1.54) is 11.1 Å². The predicted molar refractivity (Wildman–Crippen MR) is 146 cm³/mol. The van der Waals surface area contributed by atoms with Crippen molar-refractivity contribution in [1.82, 2.24) is 10.2 Å². The number of nitrogens with one attached hydrogen (secondary N) is 3. The zero-order valence-corrected chi connectivity index (χ0v) is 21.5. The molecular weight excluding hydrogens is 504 g/mol. The van der Waals surface area contributed by atoms with Crippen LogP contribution < -0.4 is 20.9 Å². The number of benzene rings is 3. The molecule has 0 bridgehead atoms. The fourth-order valence-corrected chi connectivity index (χ4v) is 4.90. The van der Waals surface area contributed by atoms with Crippen LogP contribution in [0.3, 0.4) is 0 Å². The summed E-state index contributed by atoms with van der Waals surface area (Å²) in [5.74, 6) is -1.87. The molecule has 3 aromatic carbocycles. The van der Waals surface area contributed by atoms with Crippen molar-refractivity contribution in [3.05, 3.63) is 89.0 Å². The van der Waals surface area contributed by atoms with E-state index in [1.54, 1.807) is 12.1 Å². The highest BCUT2D eigenvalue weighted by atomic mass is 19.1. The molecule has 10 heteroatoms. The number of anilines is 3. The van der Waals surface area contributed by atoms with E-state index in [-0.39, 0.29) is 11.6 Å². The Balaban J connectivity index is 1.33. The minimum atomic E-state index is -0.883. The molecule has 39 heavy (non-hydrogen) atoms. The number of ether oxygens (including phenoxy) is 1. The Labute approximate surface area is 225 Å². The summed E-state index contributed by atoms with van der Waals surface area (Å²) in [6, 6.07) is 15.6. The van der Waals surface area contributed by atoms with Crippen LogP contribution in [0.1, 0.15) is 21.5 Å². The number of hydrogen-bond donors (Lipinski definition) is 3. The van der Waals surface area contributed by atoms with E-state index in [0.717, 1.165) is 43.9 Å². The molecule has 3 aromatic rings. The van der Waals surface area contributed by atoms with Gasteiger partial charge in [-0.15, -0.1) is 0 Å². The molecule has 0 aliphatic carbocycles. The Bertz CT molecular complexity index is 1350. The summed E-state index contributed by atoms with van der Waals surface area (Å²) in [5, 5.41) is 8.04. The minimum absolute atomic E-state index is 0.154. The first-order valence-corrected chi connectivity index (χ1v) is 13.0. The summed E-state index contributed by atoms with van der Waals surface area (Å²) in [6.07, 6.45) is 0.861. The van der Waals surface area contributed by atoms with Gasteiger partial charge in [-0.3, -0.25) is 9.69 Å². The molecule has 0 spiro atoms. The van der Waals surface area contributed by atoms with Crippen molar-refractivity contribution in [2.45, 2.75) is 13.0 Å². The average molecular weight is 536 g/mol. The summed E-state index contributed by atoms with van der Waals surface area (Å²) >= 11 is 0. The second-order valence-corrected chi connectivity index (χ2v) is 9.59. The van der Waals surface area contributed by atoms with Gasteiger partial charge in [-0.2, -0.15) is 0 Å². The fraction of sp³-hybridized carbons (Fsp3) is 0.310. The molecule has 2 aliphatic heterocycles. The molecule has 0 aromatic heterocycles. The van der Waals surface area contributed by atoms with Crippen LogP contribution in [-0.2, 0) is 17.7 Å². The van der Waals surface area contributed by atoms with E-state index in [9.17, 15) is 18.4 Å². The molecule has 0 radical (unpaired) electrons. The van der Waals surface area contributed by atoms with Crippen LogP contribution in [-0.4, -0.2) is 62.8 Å². The molecule has 2 aliphatic rings. The van der Waals surface area contributed by atoms with E-state index in [4.69, 9.17) is 4.74 Å². The number of rotatable bonds is 7. The maximum Gasteiger partial charge on any atom is 0.323 e. The Morgan fingerprint density at radius 1 is 0.897 bits per heavy atom. The van der Waals surface area contributed by atoms with Crippen molar-refractivity contribution in [1.29, 1.82) is 0 Å². The third kappa shape index (κ3) is 6.71. The van der Waals surface area contributed by atoms with Gasteiger partial charge in [-0.25, -0.2) is 13.6 Å². The Hall–Kier alpha value is -4.02. The molecule has 3 amide bonds. The first-order valence-electron chi connectivity index (χ1n) is 13.0. The SMILES string of the molecule is O=C(Nc1ccc(N2CCc3ccccc3C2)c(C(=O)NCCN2CCOCC2)c1)Nc1ccc(F)cc1F. The molecule has 3 N–H and O–H groups in total. The molecule has 204 valence electrons. The van der Waals surface area contributed by atoms with Crippen molar-refractivity contribution in [2.75, 3.05) is 61.5 Å². The third-order valence-electron chi connectivity index (χ3n) is 6.97. The van der Waals surface area contributed by atoms with Gasteiger partial charge in [0.25, 0.3) is 5.91 Å². The van der Waals surface area contributed by atoms with Crippen molar-refractivity contribution in [2.24, 2.45) is 0 Å². The van der Waals surface area contributed by atoms with Crippen LogP contribution >= 0.6 is 0 Å². The van der Waals surface area contributed by atoms with E-state index in [0.29, 0.717) is 50.2 Å². The first-order chi connectivity index (χ1) is 19.0. The molecule has 5 rings (SSSR count). The maximum absolute atomic E-state index is 14.0. The lowest BCUT2D eigenvalue weighted by Crippen LogP contribution is -2.41. The monoisotopic (exact) mass is 535 g/mol. The van der Waals surface area contributed by atoms with E-state index in [1.807, 2.05) is 18.2 Å². The molecule has 0 saturated carbocycles. The quantitative estimate of drug-likeness (QED) is 0.422. The Morgan fingerprint density at radius 3 is 2.49 bits per heavy atom. The molecule has 0 unspecified atom stereocenters. The van der Waals surface area contributed by atoms with Crippen molar-refractivity contribution in [3.8, 4) is 0 Å². The van der Waals surface area contributed by atoms with Gasteiger partial charge in [-0.1, -0.05) is 24.3 Å². The van der Waals surface area contributed by atoms with Crippen LogP contribution in [0.4, 0.5) is 30.6 Å². The highest BCUT2D eigenvalue weighted by Crippen LogP contribution is 2.30. The number of hydrogen-bond acceptors (Lipinski definition) is 5. The van der Waals surface area contributed by atoms with Crippen molar-refractivity contribution >= 4 is 29.0 Å². The van der Waals surface area contributed by atoms with Crippen molar-refractivity contribution in [3.63, 3.8) is 0 Å². The van der Waals surface area contributed by atoms with Gasteiger partial charge in [0.05, 0.1) is 24.5 Å². The number of carbonyl (C=O) groups excluding carboxylic acids is 2. The second-order valence-electron chi connectivity index (χ2n) is 9.59. The summed E-state index contributed by atoms with van der Waals surface area (Å²) < 4.78 is 32.6. The lowest BCUT2D eigenvalue weighted by atomic mass is 9.98.